The van der Waals surface area contributed by atoms with E-state index < -0.39 is 5.97 Å². The van der Waals surface area contributed by atoms with Crippen molar-refractivity contribution in [1.29, 1.82) is 0 Å². The molecule has 0 saturated heterocycles. The molecule has 1 atom stereocenters. The lowest BCUT2D eigenvalue weighted by Crippen LogP contribution is -2.35. The molecule has 2 N–H and O–H groups in total. The number of carbonyl (C=O) groups is 2. The largest absolute Gasteiger partial charge is 0.496 e. The number of hydrogen-bond donors (Lipinski definition) is 2. The number of carbonyl (C=O) groups excluding carboxylic acids is 2. The summed E-state index contributed by atoms with van der Waals surface area (Å²) < 4.78 is 10.4. The van der Waals surface area contributed by atoms with Gasteiger partial charge in [-0.2, -0.15) is 0 Å². The van der Waals surface area contributed by atoms with Crippen molar-refractivity contribution in [3.8, 4) is 5.75 Å². The highest BCUT2D eigenvalue weighted by Crippen LogP contribution is 2.36. The topological polar surface area (TPSA) is 83.7 Å². The zero-order chi connectivity index (χ0) is 22.5. The van der Waals surface area contributed by atoms with Crippen molar-refractivity contribution in [2.45, 2.75) is 19.3 Å². The van der Waals surface area contributed by atoms with Gasteiger partial charge in [0.1, 0.15) is 5.75 Å². The molecule has 2 aromatic carbocycles. The fourth-order valence-electron chi connectivity index (χ4n) is 3.66. The Morgan fingerprint density at radius 1 is 1.10 bits per heavy atom. The second kappa shape index (κ2) is 9.55. The van der Waals surface area contributed by atoms with Gasteiger partial charge in [-0.25, -0.2) is 9.59 Å². The van der Waals surface area contributed by atoms with Crippen LogP contribution >= 0.6 is 0 Å². The number of ether oxygens (including phenoxy) is 2. The third kappa shape index (κ3) is 4.82. The van der Waals surface area contributed by atoms with Gasteiger partial charge >= 0.3 is 12.0 Å². The second-order valence-corrected chi connectivity index (χ2v) is 7.67. The molecule has 7 nitrogen and oxygen atoms in total. The molecule has 3 aromatic rings. The van der Waals surface area contributed by atoms with Crippen molar-refractivity contribution in [3.05, 3.63) is 64.8 Å². The van der Waals surface area contributed by atoms with Crippen LogP contribution in [0.5, 0.6) is 5.75 Å². The summed E-state index contributed by atoms with van der Waals surface area (Å²) in [5.41, 5.74) is 4.77. The first-order valence-electron chi connectivity index (χ1n) is 10.2. The van der Waals surface area contributed by atoms with Crippen LogP contribution in [0, 0.1) is 0 Å². The standard InChI is InChI=1S/C24H29N3O4/c1-15(18-8-7-17(23(28)31-5)13-22(18)30-4)20-14-26-21-9-6-16(12-19(20)21)10-11-25-24(29)27(2)3/h6-9,12-15,26H,10-11H2,1-5H3,(H,25,29). The minimum absolute atomic E-state index is 0.0408. The van der Waals surface area contributed by atoms with E-state index in [0.29, 0.717) is 17.9 Å². The number of nitrogens with one attached hydrogen (secondary N) is 2. The molecule has 164 valence electrons. The summed E-state index contributed by atoms with van der Waals surface area (Å²) in [4.78, 5) is 28.4. The maximum Gasteiger partial charge on any atom is 0.337 e. The summed E-state index contributed by atoms with van der Waals surface area (Å²) in [5, 5.41) is 4.02. The Kier molecular flexibility index (Phi) is 6.84. The Morgan fingerprint density at radius 3 is 2.55 bits per heavy atom. The number of methoxy groups -OCH3 is 2. The van der Waals surface area contributed by atoms with Crippen molar-refractivity contribution in [1.82, 2.24) is 15.2 Å². The molecule has 0 bridgehead atoms. The zero-order valence-electron chi connectivity index (χ0n) is 18.6. The number of hydrogen-bond acceptors (Lipinski definition) is 4. The van der Waals surface area contributed by atoms with Crippen LogP contribution in [-0.4, -0.2) is 56.7 Å². The summed E-state index contributed by atoms with van der Waals surface area (Å²) in [6, 6.07) is 11.6. The summed E-state index contributed by atoms with van der Waals surface area (Å²) in [5.74, 6) is 0.294. The minimum Gasteiger partial charge on any atom is -0.496 e. The van der Waals surface area contributed by atoms with Gasteiger partial charge in [-0.1, -0.05) is 19.1 Å². The molecule has 7 heteroatoms. The van der Waals surface area contributed by atoms with Gasteiger partial charge in [-0.05, 0) is 41.8 Å². The van der Waals surface area contributed by atoms with E-state index in [1.165, 1.54) is 12.0 Å². The van der Waals surface area contributed by atoms with Gasteiger partial charge in [0.05, 0.1) is 19.8 Å². The Morgan fingerprint density at radius 2 is 1.87 bits per heavy atom. The van der Waals surface area contributed by atoms with Crippen LogP contribution in [0.4, 0.5) is 4.79 Å². The molecule has 0 aliphatic heterocycles. The van der Waals surface area contributed by atoms with E-state index in [0.717, 1.165) is 34.0 Å². The van der Waals surface area contributed by atoms with Gasteiger partial charge in [0.15, 0.2) is 0 Å². The Bertz CT molecular complexity index is 1090. The summed E-state index contributed by atoms with van der Waals surface area (Å²) in [6.45, 7) is 2.68. The molecular weight excluding hydrogens is 394 g/mol. The van der Waals surface area contributed by atoms with E-state index in [9.17, 15) is 9.59 Å². The number of amides is 2. The van der Waals surface area contributed by atoms with E-state index in [4.69, 9.17) is 9.47 Å². The predicted octanol–water partition coefficient (Wildman–Crippen LogP) is 3.93. The van der Waals surface area contributed by atoms with Gasteiger partial charge in [0.25, 0.3) is 0 Å². The maximum absolute atomic E-state index is 11.9. The average molecular weight is 424 g/mol. The summed E-state index contributed by atoms with van der Waals surface area (Å²) in [6.07, 6.45) is 2.76. The van der Waals surface area contributed by atoms with Crippen LogP contribution in [0.3, 0.4) is 0 Å². The lowest BCUT2D eigenvalue weighted by molar-refractivity contribution is 0.0600. The van der Waals surface area contributed by atoms with E-state index in [1.807, 2.05) is 12.3 Å². The first-order chi connectivity index (χ1) is 14.8. The van der Waals surface area contributed by atoms with E-state index in [1.54, 1.807) is 33.3 Å². The van der Waals surface area contributed by atoms with Crippen molar-refractivity contribution in [2.75, 3.05) is 34.9 Å². The van der Waals surface area contributed by atoms with Crippen molar-refractivity contribution >= 4 is 22.9 Å². The van der Waals surface area contributed by atoms with Crippen LogP contribution in [0.1, 0.15) is 39.9 Å². The number of esters is 1. The highest BCUT2D eigenvalue weighted by Gasteiger charge is 2.19. The normalized spacial score (nSPS) is 11.8. The number of rotatable bonds is 7. The molecule has 0 aliphatic carbocycles. The molecule has 1 unspecified atom stereocenters. The molecule has 3 rings (SSSR count). The quantitative estimate of drug-likeness (QED) is 0.564. The maximum atomic E-state index is 11.9. The number of H-pyrrole nitrogens is 1. The molecule has 0 fully saturated rings. The first-order valence-corrected chi connectivity index (χ1v) is 10.2. The van der Waals surface area contributed by atoms with Gasteiger partial charge in [0, 0.05) is 49.2 Å². The zero-order valence-corrected chi connectivity index (χ0v) is 18.6. The third-order valence-electron chi connectivity index (χ3n) is 5.46. The number of urea groups is 1. The highest BCUT2D eigenvalue weighted by atomic mass is 16.5. The average Bonchev–Trinajstić information content (AvgIpc) is 3.20. The molecule has 1 heterocycles. The number of aromatic nitrogens is 1. The van der Waals surface area contributed by atoms with Crippen LogP contribution in [0.2, 0.25) is 0 Å². The van der Waals surface area contributed by atoms with E-state index in [2.05, 4.69) is 35.4 Å². The van der Waals surface area contributed by atoms with Crippen molar-refractivity contribution in [2.24, 2.45) is 0 Å². The second-order valence-electron chi connectivity index (χ2n) is 7.67. The molecule has 31 heavy (non-hydrogen) atoms. The predicted molar refractivity (Wildman–Crippen MR) is 121 cm³/mol. The summed E-state index contributed by atoms with van der Waals surface area (Å²) in [7, 11) is 6.41. The molecular formula is C24H29N3O4. The lowest BCUT2D eigenvalue weighted by Gasteiger charge is -2.16. The van der Waals surface area contributed by atoms with Crippen molar-refractivity contribution in [3.63, 3.8) is 0 Å². The molecule has 0 radical (unpaired) electrons. The molecule has 0 spiro atoms. The van der Waals surface area contributed by atoms with Gasteiger partial charge in [-0.15, -0.1) is 0 Å². The fourth-order valence-corrected chi connectivity index (χ4v) is 3.66. The molecule has 0 aliphatic rings. The van der Waals surface area contributed by atoms with E-state index in [-0.39, 0.29) is 11.9 Å². The number of benzene rings is 2. The van der Waals surface area contributed by atoms with Crippen LogP contribution < -0.4 is 10.1 Å². The van der Waals surface area contributed by atoms with Gasteiger partial charge in [-0.3, -0.25) is 0 Å². The summed E-state index contributed by atoms with van der Waals surface area (Å²) >= 11 is 0. The number of fused-ring (bicyclic) bond motifs is 1. The molecule has 2 amide bonds. The Labute approximate surface area is 182 Å². The van der Waals surface area contributed by atoms with Crippen molar-refractivity contribution < 1.29 is 19.1 Å². The minimum atomic E-state index is -0.393. The lowest BCUT2D eigenvalue weighted by atomic mass is 9.90. The highest BCUT2D eigenvalue weighted by molar-refractivity contribution is 5.90. The number of aromatic amines is 1. The SMILES string of the molecule is COC(=O)c1ccc(C(C)c2c[nH]c3ccc(CCNC(=O)N(C)C)cc23)c(OC)c1. The smallest absolute Gasteiger partial charge is 0.337 e. The van der Waals surface area contributed by atoms with Crippen LogP contribution in [0.15, 0.2) is 42.6 Å². The Hall–Kier alpha value is -3.48. The Balaban J connectivity index is 1.87. The van der Waals surface area contributed by atoms with Gasteiger partial charge in [0.2, 0.25) is 0 Å². The number of nitrogens with zero attached hydrogens (tertiary/aromatic N) is 1. The van der Waals surface area contributed by atoms with E-state index >= 15 is 0 Å². The molecule has 0 saturated carbocycles. The third-order valence-corrected chi connectivity index (χ3v) is 5.46. The van der Waals surface area contributed by atoms with Gasteiger partial charge < -0.3 is 24.7 Å². The first kappa shape index (κ1) is 22.2. The molecule has 1 aromatic heterocycles. The van der Waals surface area contributed by atoms with Crippen LogP contribution in [0.25, 0.3) is 10.9 Å². The fraction of sp³-hybridized carbons (Fsp3) is 0.333. The monoisotopic (exact) mass is 423 g/mol. The van der Waals surface area contributed by atoms with Crippen LogP contribution in [-0.2, 0) is 11.2 Å².